The van der Waals surface area contributed by atoms with Crippen molar-refractivity contribution in [3.8, 4) is 5.75 Å². The van der Waals surface area contributed by atoms with E-state index in [1.165, 1.54) is 12.8 Å². The van der Waals surface area contributed by atoms with Gasteiger partial charge in [-0.25, -0.2) is 0 Å². The second kappa shape index (κ2) is 5.29. The van der Waals surface area contributed by atoms with Gasteiger partial charge in [-0.05, 0) is 36.8 Å². The zero-order valence-corrected chi connectivity index (χ0v) is 10.7. The van der Waals surface area contributed by atoms with Crippen LogP contribution < -0.4 is 15.8 Å². The van der Waals surface area contributed by atoms with Gasteiger partial charge in [-0.1, -0.05) is 19.1 Å². The Labute approximate surface area is 108 Å². The summed E-state index contributed by atoms with van der Waals surface area (Å²) < 4.78 is 5.38. The lowest BCUT2D eigenvalue weighted by atomic mass is 10.0. The van der Waals surface area contributed by atoms with Gasteiger partial charge < -0.3 is 15.8 Å². The van der Waals surface area contributed by atoms with Crippen molar-refractivity contribution < 1.29 is 9.53 Å². The summed E-state index contributed by atoms with van der Waals surface area (Å²) in [5, 5.41) is 2.92. The molecule has 4 heteroatoms. The van der Waals surface area contributed by atoms with Crippen molar-refractivity contribution in [3.63, 3.8) is 0 Å². The molecule has 3 N–H and O–H groups in total. The van der Waals surface area contributed by atoms with Crippen molar-refractivity contribution in [2.24, 2.45) is 5.41 Å². The van der Waals surface area contributed by atoms with Gasteiger partial charge in [-0.15, -0.1) is 0 Å². The van der Waals surface area contributed by atoms with Gasteiger partial charge in [-0.3, -0.25) is 4.79 Å². The Bertz CT molecular complexity index is 428. The van der Waals surface area contributed by atoms with Crippen LogP contribution in [0.15, 0.2) is 24.3 Å². The molecule has 0 atom stereocenters. The van der Waals surface area contributed by atoms with Gasteiger partial charge in [0, 0.05) is 6.54 Å². The summed E-state index contributed by atoms with van der Waals surface area (Å²) in [7, 11) is 0. The number of para-hydroxylation sites is 2. The number of nitrogens with two attached hydrogens (primary N) is 1. The third-order valence-corrected chi connectivity index (χ3v) is 3.65. The molecule has 1 aromatic rings. The maximum atomic E-state index is 11.6. The molecular formula is C14H20N2O2. The Kier molecular flexibility index (Phi) is 3.75. The van der Waals surface area contributed by atoms with Crippen LogP contribution in [0.2, 0.25) is 0 Å². The number of carbonyl (C=O) groups excluding carboxylic acids is 1. The van der Waals surface area contributed by atoms with Crippen LogP contribution in [-0.4, -0.2) is 19.1 Å². The van der Waals surface area contributed by atoms with Crippen molar-refractivity contribution in [3.05, 3.63) is 24.3 Å². The topological polar surface area (TPSA) is 64.3 Å². The number of hydrogen-bond acceptors (Lipinski definition) is 3. The predicted octanol–water partition coefficient (Wildman–Crippen LogP) is 1.95. The Morgan fingerprint density at radius 1 is 1.44 bits per heavy atom. The van der Waals surface area contributed by atoms with E-state index in [1.807, 2.05) is 12.1 Å². The minimum Gasteiger partial charge on any atom is -0.482 e. The van der Waals surface area contributed by atoms with E-state index in [0.717, 1.165) is 13.0 Å². The molecule has 0 spiro atoms. The van der Waals surface area contributed by atoms with Gasteiger partial charge in [0.15, 0.2) is 6.61 Å². The molecule has 98 valence electrons. The van der Waals surface area contributed by atoms with Gasteiger partial charge in [0.1, 0.15) is 5.75 Å². The van der Waals surface area contributed by atoms with E-state index in [9.17, 15) is 4.79 Å². The van der Waals surface area contributed by atoms with E-state index in [4.69, 9.17) is 10.5 Å². The van der Waals surface area contributed by atoms with Gasteiger partial charge in [0.05, 0.1) is 5.69 Å². The average Bonchev–Trinajstić information content (AvgIpc) is 3.16. The second-order valence-electron chi connectivity index (χ2n) is 4.96. The van der Waals surface area contributed by atoms with Crippen LogP contribution in [-0.2, 0) is 4.79 Å². The van der Waals surface area contributed by atoms with Gasteiger partial charge in [0.2, 0.25) is 0 Å². The number of benzene rings is 1. The quantitative estimate of drug-likeness (QED) is 0.756. The molecule has 4 nitrogen and oxygen atoms in total. The number of rotatable bonds is 6. The Balaban J connectivity index is 1.74. The van der Waals surface area contributed by atoms with Gasteiger partial charge >= 0.3 is 0 Å². The maximum absolute atomic E-state index is 11.6. The SMILES string of the molecule is CCC1(CNC(=O)COc2ccccc2N)CC1. The summed E-state index contributed by atoms with van der Waals surface area (Å²) in [5.41, 5.74) is 6.64. The van der Waals surface area contributed by atoms with Crippen LogP contribution in [0.1, 0.15) is 26.2 Å². The number of nitrogen functional groups attached to an aromatic ring is 1. The first-order valence-corrected chi connectivity index (χ1v) is 6.39. The third kappa shape index (κ3) is 3.15. The number of hydrogen-bond donors (Lipinski definition) is 2. The Morgan fingerprint density at radius 2 is 2.17 bits per heavy atom. The molecule has 2 rings (SSSR count). The minimum absolute atomic E-state index is 0.0218. The summed E-state index contributed by atoms with van der Waals surface area (Å²) in [5.74, 6) is 0.474. The molecule has 1 fully saturated rings. The van der Waals surface area contributed by atoms with Crippen molar-refractivity contribution in [2.75, 3.05) is 18.9 Å². The summed E-state index contributed by atoms with van der Waals surface area (Å²) in [6, 6.07) is 7.18. The number of ether oxygens (including phenoxy) is 1. The molecule has 0 bridgehead atoms. The van der Waals surface area contributed by atoms with Crippen molar-refractivity contribution in [1.29, 1.82) is 0 Å². The molecule has 0 radical (unpaired) electrons. The van der Waals surface area contributed by atoms with Crippen molar-refractivity contribution >= 4 is 11.6 Å². The second-order valence-corrected chi connectivity index (χ2v) is 4.96. The van der Waals surface area contributed by atoms with E-state index in [1.54, 1.807) is 12.1 Å². The van der Waals surface area contributed by atoms with Gasteiger partial charge in [0.25, 0.3) is 5.91 Å². The smallest absolute Gasteiger partial charge is 0.257 e. The summed E-state index contributed by atoms with van der Waals surface area (Å²) in [6.45, 7) is 2.95. The Morgan fingerprint density at radius 3 is 2.78 bits per heavy atom. The molecular weight excluding hydrogens is 228 g/mol. The molecule has 1 amide bonds. The number of nitrogens with one attached hydrogen (secondary N) is 1. The lowest BCUT2D eigenvalue weighted by Gasteiger charge is -2.14. The fraction of sp³-hybridized carbons (Fsp3) is 0.500. The fourth-order valence-electron chi connectivity index (χ4n) is 1.92. The number of anilines is 1. The van der Waals surface area contributed by atoms with Crippen LogP contribution in [0, 0.1) is 5.41 Å². The van der Waals surface area contributed by atoms with E-state index >= 15 is 0 Å². The highest BCUT2D eigenvalue weighted by Crippen LogP contribution is 2.47. The lowest BCUT2D eigenvalue weighted by molar-refractivity contribution is -0.123. The zero-order valence-electron chi connectivity index (χ0n) is 10.7. The highest BCUT2D eigenvalue weighted by molar-refractivity contribution is 5.77. The number of carbonyl (C=O) groups is 1. The van der Waals surface area contributed by atoms with Crippen LogP contribution in [0.4, 0.5) is 5.69 Å². The molecule has 0 unspecified atom stereocenters. The molecule has 0 saturated heterocycles. The van der Waals surface area contributed by atoms with Crippen molar-refractivity contribution in [2.45, 2.75) is 26.2 Å². The molecule has 1 aliphatic carbocycles. The molecule has 1 saturated carbocycles. The summed E-state index contributed by atoms with van der Waals surface area (Å²) >= 11 is 0. The van der Waals surface area contributed by atoms with E-state index in [-0.39, 0.29) is 12.5 Å². The highest BCUT2D eigenvalue weighted by atomic mass is 16.5. The first-order valence-electron chi connectivity index (χ1n) is 6.39. The van der Waals surface area contributed by atoms with Crippen molar-refractivity contribution in [1.82, 2.24) is 5.32 Å². The molecule has 0 aliphatic heterocycles. The van der Waals surface area contributed by atoms with Crippen LogP contribution in [0.5, 0.6) is 5.75 Å². The van der Waals surface area contributed by atoms with Crippen LogP contribution in [0.25, 0.3) is 0 Å². The highest BCUT2D eigenvalue weighted by Gasteiger charge is 2.40. The van der Waals surface area contributed by atoms with E-state index < -0.39 is 0 Å². The molecule has 18 heavy (non-hydrogen) atoms. The normalized spacial score (nSPS) is 16.1. The Hall–Kier alpha value is -1.71. The monoisotopic (exact) mass is 248 g/mol. The van der Waals surface area contributed by atoms with E-state index in [0.29, 0.717) is 16.9 Å². The predicted molar refractivity (Wildman–Crippen MR) is 71.3 cm³/mol. The number of amides is 1. The maximum Gasteiger partial charge on any atom is 0.257 e. The van der Waals surface area contributed by atoms with Crippen LogP contribution in [0.3, 0.4) is 0 Å². The first kappa shape index (κ1) is 12.7. The summed E-state index contributed by atoms with van der Waals surface area (Å²) in [6.07, 6.45) is 3.56. The zero-order chi connectivity index (χ0) is 13.0. The van der Waals surface area contributed by atoms with E-state index in [2.05, 4.69) is 12.2 Å². The standard InChI is InChI=1S/C14H20N2O2/c1-2-14(7-8-14)10-16-13(17)9-18-12-6-4-3-5-11(12)15/h3-6H,2,7-10,15H2,1H3,(H,16,17). The fourth-order valence-corrected chi connectivity index (χ4v) is 1.92. The molecule has 0 heterocycles. The van der Waals surface area contributed by atoms with Gasteiger partial charge in [-0.2, -0.15) is 0 Å². The first-order chi connectivity index (χ1) is 8.65. The summed E-state index contributed by atoms with van der Waals surface area (Å²) in [4.78, 5) is 11.6. The molecule has 1 aliphatic rings. The largest absolute Gasteiger partial charge is 0.482 e. The molecule has 0 aromatic heterocycles. The third-order valence-electron chi connectivity index (χ3n) is 3.65. The lowest BCUT2D eigenvalue weighted by Crippen LogP contribution is -2.33. The molecule has 1 aromatic carbocycles. The average molecular weight is 248 g/mol. The van der Waals surface area contributed by atoms with Crippen LogP contribution >= 0.6 is 0 Å². The minimum atomic E-state index is -0.0852.